The van der Waals surface area contributed by atoms with Gasteiger partial charge in [0, 0.05) is 23.0 Å². The number of amides is 3. The van der Waals surface area contributed by atoms with Crippen molar-refractivity contribution in [3.63, 3.8) is 0 Å². The minimum atomic E-state index is -0.695. The molecule has 3 aromatic rings. The Morgan fingerprint density at radius 2 is 1.56 bits per heavy atom. The van der Waals surface area contributed by atoms with E-state index in [2.05, 4.69) is 10.6 Å². The van der Waals surface area contributed by atoms with E-state index in [9.17, 15) is 14.4 Å². The molecule has 1 aliphatic heterocycles. The van der Waals surface area contributed by atoms with Crippen LogP contribution in [0.2, 0.25) is 0 Å². The van der Waals surface area contributed by atoms with E-state index < -0.39 is 11.8 Å². The van der Waals surface area contributed by atoms with Crippen LogP contribution in [0, 0.1) is 0 Å². The van der Waals surface area contributed by atoms with E-state index in [1.165, 1.54) is 20.3 Å². The van der Waals surface area contributed by atoms with Gasteiger partial charge in [-0.15, -0.1) is 0 Å². The molecule has 0 bridgehead atoms. The van der Waals surface area contributed by atoms with E-state index in [0.717, 1.165) is 4.90 Å². The van der Waals surface area contributed by atoms with Crippen LogP contribution in [0.5, 0.6) is 11.5 Å². The Hall–Kier alpha value is -4.30. The van der Waals surface area contributed by atoms with Gasteiger partial charge >= 0.3 is 0 Å². The summed E-state index contributed by atoms with van der Waals surface area (Å²) in [5.74, 6) is -0.870. The van der Waals surface area contributed by atoms with Crippen LogP contribution >= 0.6 is 11.6 Å². The van der Waals surface area contributed by atoms with Crippen LogP contribution < -0.4 is 25.0 Å². The lowest BCUT2D eigenvalue weighted by Crippen LogP contribution is -2.32. The molecule has 0 unspecified atom stereocenters. The van der Waals surface area contributed by atoms with Crippen molar-refractivity contribution in [1.29, 1.82) is 0 Å². The van der Waals surface area contributed by atoms with Crippen molar-refractivity contribution < 1.29 is 23.9 Å². The first-order valence-electron chi connectivity index (χ1n) is 10.2. The number of carbonyl (C=O) groups excluding carboxylic acids is 3. The molecule has 0 spiro atoms. The Morgan fingerprint density at radius 3 is 2.21 bits per heavy atom. The number of halogens is 1. The second kappa shape index (κ2) is 9.68. The number of anilines is 3. The van der Waals surface area contributed by atoms with Gasteiger partial charge in [-0.1, -0.05) is 29.8 Å². The molecule has 0 aliphatic carbocycles. The van der Waals surface area contributed by atoms with Gasteiger partial charge in [0.05, 0.1) is 19.9 Å². The fourth-order valence-electron chi connectivity index (χ4n) is 3.38. The minimum absolute atomic E-state index is 0.0852. The third kappa shape index (κ3) is 4.44. The van der Waals surface area contributed by atoms with Crippen LogP contribution in [0.1, 0.15) is 10.4 Å². The van der Waals surface area contributed by atoms with Crippen molar-refractivity contribution in [1.82, 2.24) is 0 Å². The number of nitrogens with one attached hydrogen (secondary N) is 2. The van der Waals surface area contributed by atoms with E-state index in [1.54, 1.807) is 48.5 Å². The maximum Gasteiger partial charge on any atom is 0.283 e. The average molecular weight is 478 g/mol. The molecule has 2 N–H and O–H groups in total. The smallest absolute Gasteiger partial charge is 0.283 e. The normalized spacial score (nSPS) is 13.2. The first-order valence-corrected chi connectivity index (χ1v) is 10.5. The van der Waals surface area contributed by atoms with Crippen molar-refractivity contribution in [2.24, 2.45) is 0 Å². The highest BCUT2D eigenvalue weighted by atomic mass is 35.5. The summed E-state index contributed by atoms with van der Waals surface area (Å²) >= 11 is 6.23. The molecular weight excluding hydrogens is 458 g/mol. The zero-order chi connectivity index (χ0) is 24.2. The third-order valence-electron chi connectivity index (χ3n) is 5.10. The summed E-state index contributed by atoms with van der Waals surface area (Å²) in [6.07, 6.45) is 0. The number of hydrogen-bond acceptors (Lipinski definition) is 6. The highest BCUT2D eigenvalue weighted by Crippen LogP contribution is 2.37. The van der Waals surface area contributed by atoms with E-state index in [0.29, 0.717) is 28.4 Å². The molecule has 0 radical (unpaired) electrons. The van der Waals surface area contributed by atoms with Crippen molar-refractivity contribution in [2.45, 2.75) is 0 Å². The number of para-hydroxylation sites is 1. The molecule has 3 aromatic carbocycles. The maximum absolute atomic E-state index is 13.1. The van der Waals surface area contributed by atoms with Gasteiger partial charge in [0.25, 0.3) is 17.7 Å². The number of nitrogens with zero attached hydrogens (tertiary/aromatic N) is 1. The molecule has 3 amide bonds. The zero-order valence-corrected chi connectivity index (χ0v) is 19.1. The molecule has 1 aliphatic rings. The summed E-state index contributed by atoms with van der Waals surface area (Å²) in [5, 5.41) is 5.42. The largest absolute Gasteiger partial charge is 0.497 e. The second-order valence-electron chi connectivity index (χ2n) is 7.19. The van der Waals surface area contributed by atoms with E-state index in [-0.39, 0.29) is 22.3 Å². The van der Waals surface area contributed by atoms with Gasteiger partial charge in [-0.05, 0) is 48.5 Å². The monoisotopic (exact) mass is 477 g/mol. The molecule has 8 nitrogen and oxygen atoms in total. The Labute approximate surface area is 200 Å². The summed E-state index contributed by atoms with van der Waals surface area (Å²) in [5.41, 5.74) is 1.70. The molecule has 0 saturated heterocycles. The first-order chi connectivity index (χ1) is 16.4. The van der Waals surface area contributed by atoms with Crippen LogP contribution in [0.25, 0.3) is 0 Å². The predicted molar refractivity (Wildman–Crippen MR) is 129 cm³/mol. The Balaban J connectivity index is 1.53. The van der Waals surface area contributed by atoms with Gasteiger partial charge in [-0.3, -0.25) is 14.4 Å². The number of benzene rings is 3. The molecule has 172 valence electrons. The molecule has 0 aromatic heterocycles. The molecular formula is C25H20ClN3O5. The highest BCUT2D eigenvalue weighted by molar-refractivity contribution is 6.53. The SMILES string of the molecule is COc1ccc(OC)c(N2C(=O)C(Cl)=C(Nc3ccc(C(=O)Nc4ccccc4)cc3)C2=O)c1. The Morgan fingerprint density at radius 1 is 0.853 bits per heavy atom. The summed E-state index contributed by atoms with van der Waals surface area (Å²) in [4.78, 5) is 39.3. The van der Waals surface area contributed by atoms with Crippen molar-refractivity contribution in [3.05, 3.63) is 89.1 Å². The number of carbonyl (C=O) groups is 3. The summed E-state index contributed by atoms with van der Waals surface area (Å²) in [7, 11) is 2.90. The lowest BCUT2D eigenvalue weighted by molar-refractivity contribution is -0.120. The molecule has 0 atom stereocenters. The fraction of sp³-hybridized carbons (Fsp3) is 0.0800. The molecule has 9 heteroatoms. The van der Waals surface area contributed by atoms with Crippen molar-refractivity contribution in [2.75, 3.05) is 29.8 Å². The first kappa shape index (κ1) is 22.9. The summed E-state index contributed by atoms with van der Waals surface area (Å²) in [6.45, 7) is 0. The van der Waals surface area contributed by atoms with E-state index in [1.807, 2.05) is 18.2 Å². The molecule has 0 saturated carbocycles. The number of methoxy groups -OCH3 is 2. The summed E-state index contributed by atoms with van der Waals surface area (Å²) in [6, 6.07) is 20.3. The maximum atomic E-state index is 13.1. The minimum Gasteiger partial charge on any atom is -0.497 e. The number of ether oxygens (including phenoxy) is 2. The predicted octanol–water partition coefficient (Wildman–Crippen LogP) is 4.39. The third-order valence-corrected chi connectivity index (χ3v) is 5.45. The highest BCUT2D eigenvalue weighted by Gasteiger charge is 2.40. The fourth-order valence-corrected chi connectivity index (χ4v) is 3.59. The number of rotatable bonds is 7. The van der Waals surface area contributed by atoms with Gasteiger partial charge in [-0.2, -0.15) is 0 Å². The van der Waals surface area contributed by atoms with Crippen molar-refractivity contribution in [3.8, 4) is 11.5 Å². The van der Waals surface area contributed by atoms with Crippen LogP contribution in [0.3, 0.4) is 0 Å². The van der Waals surface area contributed by atoms with Gasteiger partial charge in [0.15, 0.2) is 0 Å². The average Bonchev–Trinajstić information content (AvgIpc) is 3.07. The molecule has 4 rings (SSSR count). The zero-order valence-electron chi connectivity index (χ0n) is 18.3. The molecule has 0 fully saturated rings. The molecule has 1 heterocycles. The van der Waals surface area contributed by atoms with E-state index >= 15 is 0 Å². The lowest BCUT2D eigenvalue weighted by atomic mass is 10.2. The van der Waals surface area contributed by atoms with Crippen LogP contribution in [0.4, 0.5) is 17.1 Å². The lowest BCUT2D eigenvalue weighted by Gasteiger charge is -2.19. The number of hydrogen-bond donors (Lipinski definition) is 2. The Bertz CT molecular complexity index is 1290. The summed E-state index contributed by atoms with van der Waals surface area (Å²) < 4.78 is 10.5. The number of imide groups is 1. The van der Waals surface area contributed by atoms with Crippen LogP contribution in [0.15, 0.2) is 83.5 Å². The van der Waals surface area contributed by atoms with Crippen LogP contribution in [-0.4, -0.2) is 31.9 Å². The van der Waals surface area contributed by atoms with Gasteiger partial charge < -0.3 is 20.1 Å². The van der Waals surface area contributed by atoms with Gasteiger partial charge in [0.2, 0.25) is 0 Å². The van der Waals surface area contributed by atoms with Crippen LogP contribution in [-0.2, 0) is 9.59 Å². The quantitative estimate of drug-likeness (QED) is 0.490. The Kier molecular flexibility index (Phi) is 6.51. The topological polar surface area (TPSA) is 97.0 Å². The molecule has 34 heavy (non-hydrogen) atoms. The van der Waals surface area contributed by atoms with Crippen molar-refractivity contribution >= 4 is 46.4 Å². The van der Waals surface area contributed by atoms with E-state index in [4.69, 9.17) is 21.1 Å². The van der Waals surface area contributed by atoms with Gasteiger partial charge in [0.1, 0.15) is 22.2 Å². The van der Waals surface area contributed by atoms with Gasteiger partial charge in [-0.25, -0.2) is 4.90 Å². The standard InChI is InChI=1S/C25H20ClN3O5/c1-33-18-12-13-20(34-2)19(14-18)29-24(31)21(26)22(25(29)32)27-17-10-8-15(9-11-17)23(30)28-16-6-4-3-5-7-16/h3-14,27H,1-2H3,(H,28,30). The second-order valence-corrected chi connectivity index (χ2v) is 7.57.